The Morgan fingerprint density at radius 1 is 1.24 bits per heavy atom. The molecule has 2 aliphatic rings. The molecule has 11 heteroatoms. The molecule has 0 saturated heterocycles. The van der Waals surface area contributed by atoms with Crippen molar-refractivity contribution in [2.45, 2.75) is 29.5 Å². The normalized spacial score (nSPS) is 17.2. The standard InChI is InChI=1S/C27H24N6O3S2/c1-36-18-10-5-9-17(13-18)30-22(35)15-37-27-32-31-26(38-27)33-20-11-6-12-21(34)24(20)23(19(14-28)25(33)29)16-7-3-2-4-8-16/h2-5,7-10,13,23H,6,11-12,15,29H2,1H3,(H,30,35). The summed E-state index contributed by atoms with van der Waals surface area (Å²) in [7, 11) is 1.57. The van der Waals surface area contributed by atoms with Crippen LogP contribution in [0.4, 0.5) is 10.8 Å². The van der Waals surface area contributed by atoms with Crippen molar-refractivity contribution < 1.29 is 14.3 Å². The number of hydrogen-bond acceptors (Lipinski definition) is 10. The van der Waals surface area contributed by atoms with Crippen molar-refractivity contribution in [2.24, 2.45) is 5.73 Å². The third kappa shape index (κ3) is 5.01. The average Bonchev–Trinajstić information content (AvgIpc) is 3.40. The van der Waals surface area contributed by atoms with Crippen LogP contribution in [-0.2, 0) is 9.59 Å². The number of methoxy groups -OCH3 is 1. The molecule has 2 heterocycles. The van der Waals surface area contributed by atoms with E-state index in [0.717, 1.165) is 11.3 Å². The molecule has 2 aromatic carbocycles. The van der Waals surface area contributed by atoms with E-state index >= 15 is 0 Å². The first kappa shape index (κ1) is 25.5. The van der Waals surface area contributed by atoms with E-state index in [-0.39, 0.29) is 23.3 Å². The summed E-state index contributed by atoms with van der Waals surface area (Å²) in [6.07, 6.45) is 1.75. The Kier molecular flexibility index (Phi) is 7.44. The number of nitrogens with zero attached hydrogens (tertiary/aromatic N) is 4. The average molecular weight is 545 g/mol. The Bertz CT molecular complexity index is 1490. The van der Waals surface area contributed by atoms with E-state index < -0.39 is 5.92 Å². The quantitative estimate of drug-likeness (QED) is 0.410. The number of hydrogen-bond donors (Lipinski definition) is 2. The summed E-state index contributed by atoms with van der Waals surface area (Å²) in [5.41, 5.74) is 9.74. The van der Waals surface area contributed by atoms with Crippen molar-refractivity contribution in [1.82, 2.24) is 10.2 Å². The van der Waals surface area contributed by atoms with Crippen LogP contribution in [0.1, 0.15) is 30.7 Å². The van der Waals surface area contributed by atoms with E-state index in [1.165, 1.54) is 23.1 Å². The molecule has 1 aliphatic heterocycles. The smallest absolute Gasteiger partial charge is 0.234 e. The molecule has 5 rings (SSSR count). The summed E-state index contributed by atoms with van der Waals surface area (Å²) in [5, 5.41) is 21.9. The summed E-state index contributed by atoms with van der Waals surface area (Å²) in [6, 6.07) is 18.9. The van der Waals surface area contributed by atoms with Gasteiger partial charge >= 0.3 is 0 Å². The molecule has 9 nitrogen and oxygen atoms in total. The van der Waals surface area contributed by atoms with E-state index in [9.17, 15) is 14.9 Å². The van der Waals surface area contributed by atoms with Gasteiger partial charge in [0.2, 0.25) is 11.0 Å². The van der Waals surface area contributed by atoms with Crippen LogP contribution in [0.25, 0.3) is 0 Å². The van der Waals surface area contributed by atoms with Gasteiger partial charge in [0.25, 0.3) is 0 Å². The zero-order chi connectivity index (χ0) is 26.6. The van der Waals surface area contributed by atoms with E-state index in [1.54, 1.807) is 36.3 Å². The fraction of sp³-hybridized carbons (Fsp3) is 0.222. The fourth-order valence-corrected chi connectivity index (χ4v) is 6.34. The lowest BCUT2D eigenvalue weighted by molar-refractivity contribution is -0.116. The summed E-state index contributed by atoms with van der Waals surface area (Å²) >= 11 is 2.51. The number of nitrogens with one attached hydrogen (secondary N) is 1. The van der Waals surface area contributed by atoms with Crippen molar-refractivity contribution >= 4 is 45.6 Å². The number of aromatic nitrogens is 2. The Hall–Kier alpha value is -4.14. The number of nitriles is 1. The minimum Gasteiger partial charge on any atom is -0.497 e. The number of ketones is 1. The summed E-state index contributed by atoms with van der Waals surface area (Å²) in [6.45, 7) is 0. The van der Waals surface area contributed by atoms with Crippen molar-refractivity contribution in [3.8, 4) is 11.8 Å². The largest absolute Gasteiger partial charge is 0.497 e. The predicted molar refractivity (Wildman–Crippen MR) is 147 cm³/mol. The third-order valence-corrected chi connectivity index (χ3v) is 8.36. The predicted octanol–water partition coefficient (Wildman–Crippen LogP) is 4.58. The molecule has 1 aliphatic carbocycles. The van der Waals surface area contributed by atoms with Gasteiger partial charge in [0.05, 0.1) is 30.4 Å². The molecule has 3 N–H and O–H groups in total. The van der Waals surface area contributed by atoms with Crippen LogP contribution in [0.3, 0.4) is 0 Å². The highest BCUT2D eigenvalue weighted by atomic mass is 32.2. The molecule has 0 spiro atoms. The van der Waals surface area contributed by atoms with Gasteiger partial charge < -0.3 is 15.8 Å². The van der Waals surface area contributed by atoms with E-state index in [0.29, 0.717) is 51.3 Å². The number of benzene rings is 2. The zero-order valence-electron chi connectivity index (χ0n) is 20.5. The van der Waals surface area contributed by atoms with Gasteiger partial charge in [-0.3, -0.25) is 14.5 Å². The Morgan fingerprint density at radius 2 is 2.05 bits per heavy atom. The van der Waals surface area contributed by atoms with E-state index in [4.69, 9.17) is 10.5 Å². The monoisotopic (exact) mass is 544 g/mol. The van der Waals surface area contributed by atoms with Crippen LogP contribution >= 0.6 is 23.1 Å². The summed E-state index contributed by atoms with van der Waals surface area (Å²) in [5.74, 6) is 0.331. The number of rotatable bonds is 7. The molecule has 0 saturated carbocycles. The van der Waals surface area contributed by atoms with Crippen LogP contribution in [0.15, 0.2) is 81.6 Å². The summed E-state index contributed by atoms with van der Waals surface area (Å²) in [4.78, 5) is 27.4. The molecule has 0 bridgehead atoms. The van der Waals surface area contributed by atoms with Gasteiger partial charge in [-0.05, 0) is 30.5 Å². The first-order chi connectivity index (χ1) is 18.5. The topological polar surface area (TPSA) is 134 Å². The maximum atomic E-state index is 13.2. The first-order valence-electron chi connectivity index (χ1n) is 11.9. The molecule has 0 radical (unpaired) electrons. The Morgan fingerprint density at radius 3 is 2.82 bits per heavy atom. The Balaban J connectivity index is 1.39. The minimum absolute atomic E-state index is 0.0127. The molecule has 1 unspecified atom stereocenters. The van der Waals surface area contributed by atoms with Gasteiger partial charge in [0, 0.05) is 29.4 Å². The highest BCUT2D eigenvalue weighted by molar-refractivity contribution is 8.01. The van der Waals surface area contributed by atoms with E-state index in [1.807, 2.05) is 30.3 Å². The van der Waals surface area contributed by atoms with Crippen molar-refractivity contribution in [3.05, 3.63) is 82.8 Å². The molecule has 1 aromatic heterocycles. The van der Waals surface area contributed by atoms with Crippen molar-refractivity contribution in [3.63, 3.8) is 0 Å². The second-order valence-corrected chi connectivity index (χ2v) is 10.8. The SMILES string of the molecule is COc1cccc(NC(=O)CSc2nnc(N3C(N)=C(C#N)C(c4ccccc4)C4=C3CCCC4=O)s2)c1. The molecule has 3 aromatic rings. The molecule has 1 atom stereocenters. The zero-order valence-corrected chi connectivity index (χ0v) is 22.1. The summed E-state index contributed by atoms with van der Waals surface area (Å²) < 4.78 is 5.76. The number of anilines is 2. The molecular weight excluding hydrogens is 520 g/mol. The van der Waals surface area contributed by atoms with Crippen LogP contribution in [-0.4, -0.2) is 34.8 Å². The number of Topliss-reactive ketones (excluding diaryl/α,β-unsaturated/α-hetero) is 1. The maximum Gasteiger partial charge on any atom is 0.234 e. The highest BCUT2D eigenvalue weighted by Crippen LogP contribution is 2.47. The second-order valence-electron chi connectivity index (χ2n) is 8.65. The first-order valence-corrected chi connectivity index (χ1v) is 13.7. The maximum absolute atomic E-state index is 13.2. The van der Waals surface area contributed by atoms with Gasteiger partial charge in [-0.1, -0.05) is 59.5 Å². The highest BCUT2D eigenvalue weighted by Gasteiger charge is 2.41. The molecule has 0 fully saturated rings. The number of carbonyl (C=O) groups is 2. The lowest BCUT2D eigenvalue weighted by atomic mass is 9.76. The van der Waals surface area contributed by atoms with Gasteiger partial charge in [-0.25, -0.2) is 0 Å². The third-order valence-electron chi connectivity index (χ3n) is 6.31. The van der Waals surface area contributed by atoms with Crippen molar-refractivity contribution in [1.29, 1.82) is 5.26 Å². The van der Waals surface area contributed by atoms with Crippen molar-refractivity contribution in [2.75, 3.05) is 23.1 Å². The molecular formula is C27H24N6O3S2. The molecule has 1 amide bonds. The van der Waals surface area contributed by atoms with Gasteiger partial charge in [-0.15, -0.1) is 10.2 Å². The second kappa shape index (κ2) is 11.1. The van der Waals surface area contributed by atoms with Crippen LogP contribution < -0.4 is 20.7 Å². The fourth-order valence-electron chi connectivity index (χ4n) is 4.66. The van der Waals surface area contributed by atoms with Crippen LogP contribution in [0, 0.1) is 11.3 Å². The Labute approximate surface area is 228 Å². The molecule has 38 heavy (non-hydrogen) atoms. The number of thioether (sulfide) groups is 1. The van der Waals surface area contributed by atoms with Crippen LogP contribution in [0.2, 0.25) is 0 Å². The lowest BCUT2D eigenvalue weighted by Crippen LogP contribution is -2.38. The number of ether oxygens (including phenoxy) is 1. The van der Waals surface area contributed by atoms with Crippen LogP contribution in [0.5, 0.6) is 5.75 Å². The van der Waals surface area contributed by atoms with E-state index in [2.05, 4.69) is 21.6 Å². The van der Waals surface area contributed by atoms with Gasteiger partial charge in [0.15, 0.2) is 10.1 Å². The van der Waals surface area contributed by atoms with Gasteiger partial charge in [0.1, 0.15) is 11.6 Å². The number of amides is 1. The number of nitrogens with two attached hydrogens (primary N) is 1. The number of allylic oxidation sites excluding steroid dienone is 3. The van der Waals surface area contributed by atoms with Gasteiger partial charge in [-0.2, -0.15) is 5.26 Å². The lowest BCUT2D eigenvalue weighted by Gasteiger charge is -2.38. The minimum atomic E-state index is -0.512. The molecule has 192 valence electrons. The number of carbonyl (C=O) groups excluding carboxylic acids is 2.